The molecule has 0 fully saturated rings. The molecule has 2 heteroatoms. The molecule has 70 valence electrons. The summed E-state index contributed by atoms with van der Waals surface area (Å²) in [7, 11) is 0. The maximum Gasteiger partial charge on any atom is 0.0479 e. The highest BCUT2D eigenvalue weighted by Crippen LogP contribution is 2.09. The van der Waals surface area contributed by atoms with Gasteiger partial charge in [-0.2, -0.15) is 0 Å². The predicted octanol–water partition coefficient (Wildman–Crippen LogP) is 1.80. The second kappa shape index (κ2) is 8.02. The van der Waals surface area contributed by atoms with Crippen molar-refractivity contribution in [3.8, 4) is 0 Å². The van der Waals surface area contributed by atoms with Crippen molar-refractivity contribution in [3.63, 3.8) is 0 Å². The Labute approximate surface area is 70.3 Å². The van der Waals surface area contributed by atoms with Crippen LogP contribution in [0, 0.1) is 5.41 Å². The van der Waals surface area contributed by atoms with Crippen LogP contribution in [0.2, 0.25) is 0 Å². The van der Waals surface area contributed by atoms with E-state index in [9.17, 15) is 0 Å². The van der Waals surface area contributed by atoms with Crippen molar-refractivity contribution in [3.05, 3.63) is 0 Å². The van der Waals surface area contributed by atoms with Crippen molar-refractivity contribution in [2.75, 3.05) is 13.2 Å². The standard InChI is InChI=1S/C5H12O.C4H10O/c1-5(2,3)4-6;1-2-3-4-5/h6H,4H2,1-3H3;5H,2-4H2,1H3. The molecule has 0 rings (SSSR count). The average molecular weight is 162 g/mol. The van der Waals surface area contributed by atoms with Gasteiger partial charge in [-0.3, -0.25) is 0 Å². The zero-order chi connectivity index (χ0) is 9.33. The van der Waals surface area contributed by atoms with Crippen molar-refractivity contribution in [2.24, 2.45) is 5.41 Å². The van der Waals surface area contributed by atoms with Gasteiger partial charge in [0.15, 0.2) is 0 Å². The lowest BCUT2D eigenvalue weighted by Gasteiger charge is -2.11. The first kappa shape index (κ1) is 13.5. The molecule has 0 aromatic heterocycles. The Bertz CT molecular complexity index is 62.5. The molecule has 2 N–H and O–H groups in total. The largest absolute Gasteiger partial charge is 0.396 e. The monoisotopic (exact) mass is 162 g/mol. The molecule has 0 spiro atoms. The summed E-state index contributed by atoms with van der Waals surface area (Å²) in [5.74, 6) is 0. The minimum absolute atomic E-state index is 0.0972. The van der Waals surface area contributed by atoms with Gasteiger partial charge in [-0.15, -0.1) is 0 Å². The molecule has 0 radical (unpaired) electrons. The Morgan fingerprint density at radius 2 is 1.45 bits per heavy atom. The van der Waals surface area contributed by atoms with E-state index >= 15 is 0 Å². The normalized spacial score (nSPS) is 10.4. The third kappa shape index (κ3) is 25.7. The summed E-state index contributed by atoms with van der Waals surface area (Å²) in [6.45, 7) is 8.65. The second-order valence-corrected chi connectivity index (χ2v) is 3.80. The van der Waals surface area contributed by atoms with Crippen LogP contribution in [-0.2, 0) is 0 Å². The fourth-order valence-electron chi connectivity index (χ4n) is 0.158. The molecule has 0 amide bonds. The molecule has 0 saturated carbocycles. The van der Waals surface area contributed by atoms with E-state index in [1.807, 2.05) is 20.8 Å². The van der Waals surface area contributed by atoms with E-state index in [-0.39, 0.29) is 12.0 Å². The molecular weight excluding hydrogens is 140 g/mol. The molecule has 0 saturated heterocycles. The van der Waals surface area contributed by atoms with Gasteiger partial charge in [0.25, 0.3) is 0 Å². The number of hydrogen-bond acceptors (Lipinski definition) is 2. The number of aliphatic hydroxyl groups is 2. The van der Waals surface area contributed by atoms with Crippen molar-refractivity contribution in [2.45, 2.75) is 40.5 Å². The first-order valence-corrected chi connectivity index (χ1v) is 4.19. The van der Waals surface area contributed by atoms with Crippen LogP contribution in [0.3, 0.4) is 0 Å². The molecule has 0 aromatic rings. The SMILES string of the molecule is CC(C)(C)CO.CCCCO. The average Bonchev–Trinajstić information content (AvgIpc) is 1.90. The molecule has 0 aliphatic carbocycles. The van der Waals surface area contributed by atoms with Gasteiger partial charge in [0.2, 0.25) is 0 Å². The molecule has 11 heavy (non-hydrogen) atoms. The van der Waals surface area contributed by atoms with Crippen LogP contribution >= 0.6 is 0 Å². The third-order valence-corrected chi connectivity index (χ3v) is 0.986. The quantitative estimate of drug-likeness (QED) is 0.650. The van der Waals surface area contributed by atoms with Gasteiger partial charge in [-0.05, 0) is 11.8 Å². The van der Waals surface area contributed by atoms with Gasteiger partial charge < -0.3 is 10.2 Å². The van der Waals surface area contributed by atoms with E-state index in [0.29, 0.717) is 6.61 Å². The van der Waals surface area contributed by atoms with E-state index in [1.165, 1.54) is 0 Å². The molecule has 2 nitrogen and oxygen atoms in total. The van der Waals surface area contributed by atoms with Crippen molar-refractivity contribution in [1.29, 1.82) is 0 Å². The van der Waals surface area contributed by atoms with Crippen LogP contribution in [0.4, 0.5) is 0 Å². The van der Waals surface area contributed by atoms with Crippen LogP contribution in [-0.4, -0.2) is 23.4 Å². The highest BCUT2D eigenvalue weighted by atomic mass is 16.3. The maximum absolute atomic E-state index is 8.40. The molecule has 0 atom stereocenters. The molecule has 0 heterocycles. The van der Waals surface area contributed by atoms with E-state index in [0.717, 1.165) is 12.8 Å². The van der Waals surface area contributed by atoms with Gasteiger partial charge in [-0.1, -0.05) is 34.1 Å². The zero-order valence-electron chi connectivity index (χ0n) is 8.22. The second-order valence-electron chi connectivity index (χ2n) is 3.80. The van der Waals surface area contributed by atoms with Crippen molar-refractivity contribution < 1.29 is 10.2 Å². The summed E-state index contributed by atoms with van der Waals surface area (Å²) in [5, 5.41) is 16.5. The highest BCUT2D eigenvalue weighted by molar-refractivity contribution is 4.55. The van der Waals surface area contributed by atoms with Crippen LogP contribution < -0.4 is 0 Å². The molecular formula is C9H22O2. The molecule has 0 bridgehead atoms. The fourth-order valence-corrected chi connectivity index (χ4v) is 0.158. The van der Waals surface area contributed by atoms with E-state index in [1.54, 1.807) is 0 Å². The fraction of sp³-hybridized carbons (Fsp3) is 1.00. The minimum atomic E-state index is 0.0972. The van der Waals surface area contributed by atoms with Gasteiger partial charge >= 0.3 is 0 Å². The van der Waals surface area contributed by atoms with Gasteiger partial charge in [0.1, 0.15) is 0 Å². The molecule has 0 aliphatic heterocycles. The molecule has 0 aliphatic rings. The van der Waals surface area contributed by atoms with Crippen LogP contribution in [0.1, 0.15) is 40.5 Å². The Morgan fingerprint density at radius 1 is 1.09 bits per heavy atom. The number of aliphatic hydroxyl groups excluding tert-OH is 2. The highest BCUT2D eigenvalue weighted by Gasteiger charge is 2.05. The minimum Gasteiger partial charge on any atom is -0.396 e. The first-order valence-electron chi connectivity index (χ1n) is 4.19. The van der Waals surface area contributed by atoms with Gasteiger partial charge in [0.05, 0.1) is 0 Å². The van der Waals surface area contributed by atoms with E-state index in [4.69, 9.17) is 10.2 Å². The summed E-state index contributed by atoms with van der Waals surface area (Å²) in [6, 6.07) is 0. The Hall–Kier alpha value is -0.0800. The molecule has 0 aromatic carbocycles. The summed E-state index contributed by atoms with van der Waals surface area (Å²) in [5.41, 5.74) is 0.0972. The topological polar surface area (TPSA) is 40.5 Å². The molecule has 0 unspecified atom stereocenters. The number of rotatable bonds is 2. The lowest BCUT2D eigenvalue weighted by Crippen LogP contribution is -2.09. The smallest absolute Gasteiger partial charge is 0.0479 e. The Balaban J connectivity index is 0. The predicted molar refractivity (Wildman–Crippen MR) is 48.5 cm³/mol. The van der Waals surface area contributed by atoms with E-state index < -0.39 is 0 Å². The van der Waals surface area contributed by atoms with Crippen molar-refractivity contribution in [1.82, 2.24) is 0 Å². The summed E-state index contributed by atoms with van der Waals surface area (Å²) >= 11 is 0. The van der Waals surface area contributed by atoms with Crippen LogP contribution in [0.25, 0.3) is 0 Å². The van der Waals surface area contributed by atoms with E-state index in [2.05, 4.69) is 6.92 Å². The van der Waals surface area contributed by atoms with Crippen LogP contribution in [0.15, 0.2) is 0 Å². The lowest BCUT2D eigenvalue weighted by atomic mass is 9.99. The summed E-state index contributed by atoms with van der Waals surface area (Å²) < 4.78 is 0. The zero-order valence-corrected chi connectivity index (χ0v) is 8.22. The lowest BCUT2D eigenvalue weighted by molar-refractivity contribution is 0.177. The van der Waals surface area contributed by atoms with Crippen molar-refractivity contribution >= 4 is 0 Å². The van der Waals surface area contributed by atoms with Gasteiger partial charge in [0, 0.05) is 13.2 Å². The maximum atomic E-state index is 8.40. The Morgan fingerprint density at radius 3 is 1.45 bits per heavy atom. The first-order chi connectivity index (χ1) is 4.97. The number of unbranched alkanes of at least 4 members (excludes halogenated alkanes) is 1. The van der Waals surface area contributed by atoms with Gasteiger partial charge in [-0.25, -0.2) is 0 Å². The Kier molecular flexibility index (Phi) is 9.85. The third-order valence-electron chi connectivity index (χ3n) is 0.986. The summed E-state index contributed by atoms with van der Waals surface area (Å²) in [4.78, 5) is 0. The van der Waals surface area contributed by atoms with Crippen LogP contribution in [0.5, 0.6) is 0 Å². The summed E-state index contributed by atoms with van der Waals surface area (Å²) in [6.07, 6.45) is 2.04. The number of hydrogen-bond donors (Lipinski definition) is 2.